The van der Waals surface area contributed by atoms with E-state index in [4.69, 9.17) is 14.2 Å². The first-order valence-electron chi connectivity index (χ1n) is 15.7. The van der Waals surface area contributed by atoms with Gasteiger partial charge in [0.2, 0.25) is 0 Å². The Balaban J connectivity index is 1.23. The second-order valence-electron chi connectivity index (χ2n) is 12.6. The number of rotatable bonds is 3. The highest BCUT2D eigenvalue weighted by Gasteiger charge is 2.43. The first kappa shape index (κ1) is 26.5. The number of benzene rings is 4. The molecule has 2 aliphatic heterocycles. The van der Waals surface area contributed by atoms with Crippen molar-refractivity contribution in [2.45, 2.75) is 49.7 Å². The van der Waals surface area contributed by atoms with Crippen molar-refractivity contribution in [3.8, 4) is 39.9 Å². The van der Waals surface area contributed by atoms with Gasteiger partial charge >= 0.3 is 0 Å². The number of hydrogen-bond acceptors (Lipinski definition) is 6. The van der Waals surface area contributed by atoms with Crippen LogP contribution in [0.4, 0.5) is 0 Å². The third-order valence-electron chi connectivity index (χ3n) is 10.3. The maximum atomic E-state index is 11.6. The zero-order valence-corrected chi connectivity index (χ0v) is 24.8. The summed E-state index contributed by atoms with van der Waals surface area (Å²) >= 11 is 0. The first-order valence-corrected chi connectivity index (χ1v) is 15.7. The van der Waals surface area contributed by atoms with Gasteiger partial charge in [-0.15, -0.1) is 0 Å². The molecule has 45 heavy (non-hydrogen) atoms. The highest BCUT2D eigenvalue weighted by molar-refractivity contribution is 5.89. The van der Waals surface area contributed by atoms with Crippen LogP contribution in [0.1, 0.15) is 63.3 Å². The third-order valence-corrected chi connectivity index (χ3v) is 10.3. The normalized spacial score (nSPS) is 22.4. The summed E-state index contributed by atoms with van der Waals surface area (Å²) in [6.45, 7) is 0.627. The van der Waals surface area contributed by atoms with E-state index in [0.717, 1.165) is 80.8 Å². The number of aliphatic hydroxyl groups excluding tert-OH is 1. The lowest BCUT2D eigenvalue weighted by Crippen LogP contribution is -2.33. The van der Waals surface area contributed by atoms with Crippen LogP contribution in [0.15, 0.2) is 66.9 Å². The van der Waals surface area contributed by atoms with Gasteiger partial charge in [0.25, 0.3) is 0 Å². The standard InChI is InChI=1S/C38H33NO6/c1-43-33-16-21(5-10-31(33)41)36-32(42)18-28-27-17-26-22(19-4-9-29-20(15-19)12-13-39-29)6-7-23-30(40)11-8-24(34(23)26)35(27)38-25(37(28)45-36)3-2-14-44-38/h4-13,15-16,22,26,32,36,39-42H,2-3,14,17-18H2,1H3. The molecule has 0 bridgehead atoms. The van der Waals surface area contributed by atoms with Crippen LogP contribution in [0.2, 0.25) is 0 Å². The quantitative estimate of drug-likeness (QED) is 0.177. The molecule has 0 saturated heterocycles. The molecule has 0 radical (unpaired) electrons. The zero-order chi connectivity index (χ0) is 30.4. The average molecular weight is 600 g/mol. The molecule has 4 unspecified atom stereocenters. The van der Waals surface area contributed by atoms with E-state index in [1.165, 1.54) is 18.1 Å². The summed E-state index contributed by atoms with van der Waals surface area (Å²) in [5, 5.41) is 34.0. The van der Waals surface area contributed by atoms with Gasteiger partial charge in [-0.3, -0.25) is 0 Å². The predicted octanol–water partition coefficient (Wildman–Crippen LogP) is 7.07. The fraction of sp³-hybridized carbons (Fsp3) is 0.263. The van der Waals surface area contributed by atoms with E-state index in [-0.39, 0.29) is 23.3 Å². The molecule has 4 atom stereocenters. The number of fused-ring (bicyclic) bond motifs is 8. The van der Waals surface area contributed by atoms with Crippen LogP contribution in [-0.4, -0.2) is 40.1 Å². The van der Waals surface area contributed by atoms with E-state index < -0.39 is 12.2 Å². The maximum absolute atomic E-state index is 11.6. The number of aromatic hydroxyl groups is 2. The van der Waals surface area contributed by atoms with Crippen molar-refractivity contribution >= 4 is 17.0 Å². The van der Waals surface area contributed by atoms with Gasteiger partial charge in [-0.1, -0.05) is 30.4 Å². The summed E-state index contributed by atoms with van der Waals surface area (Å²) in [6.07, 6.45) is 7.72. The van der Waals surface area contributed by atoms with Gasteiger partial charge in [-0.2, -0.15) is 0 Å². The smallest absolute Gasteiger partial charge is 0.160 e. The molecule has 3 heterocycles. The number of phenols is 2. The third kappa shape index (κ3) is 3.86. The number of allylic oxidation sites excluding steroid dienone is 1. The number of hydrogen-bond donors (Lipinski definition) is 4. The molecular weight excluding hydrogens is 566 g/mol. The van der Waals surface area contributed by atoms with Crippen molar-refractivity contribution in [1.29, 1.82) is 0 Å². The van der Waals surface area contributed by atoms with Gasteiger partial charge in [0, 0.05) is 46.3 Å². The molecule has 4 aliphatic rings. The molecule has 0 amide bonds. The maximum Gasteiger partial charge on any atom is 0.160 e. The Morgan fingerprint density at radius 2 is 1.76 bits per heavy atom. The van der Waals surface area contributed by atoms with E-state index in [0.29, 0.717) is 18.8 Å². The molecule has 226 valence electrons. The Morgan fingerprint density at radius 3 is 2.64 bits per heavy atom. The number of ether oxygens (including phenoxy) is 3. The van der Waals surface area contributed by atoms with Gasteiger partial charge in [0.1, 0.15) is 23.4 Å². The van der Waals surface area contributed by atoms with E-state index >= 15 is 0 Å². The average Bonchev–Trinajstić information content (AvgIpc) is 3.54. The van der Waals surface area contributed by atoms with E-state index in [2.05, 4.69) is 41.4 Å². The first-order chi connectivity index (χ1) is 22.0. The summed E-state index contributed by atoms with van der Waals surface area (Å²) < 4.78 is 18.6. The number of aromatic amines is 1. The van der Waals surface area contributed by atoms with E-state index in [9.17, 15) is 15.3 Å². The fourth-order valence-corrected chi connectivity index (χ4v) is 8.22. The Labute approximate surface area is 260 Å². The van der Waals surface area contributed by atoms with Crippen molar-refractivity contribution in [2.75, 3.05) is 13.7 Å². The molecule has 0 spiro atoms. The number of aliphatic hydroxyl groups is 1. The van der Waals surface area contributed by atoms with Crippen LogP contribution in [0.3, 0.4) is 0 Å². The van der Waals surface area contributed by atoms with Crippen molar-refractivity contribution in [1.82, 2.24) is 4.98 Å². The molecule has 4 aromatic carbocycles. The molecule has 0 saturated carbocycles. The van der Waals surface area contributed by atoms with E-state index in [1.807, 2.05) is 12.3 Å². The molecule has 5 aromatic rings. The van der Waals surface area contributed by atoms with Gasteiger partial charge in [0.05, 0.1) is 19.8 Å². The number of phenolic OH excluding ortho intramolecular Hbond substituents is 2. The Hall–Kier alpha value is -4.88. The van der Waals surface area contributed by atoms with E-state index in [1.54, 1.807) is 24.3 Å². The molecule has 7 nitrogen and oxygen atoms in total. The lowest BCUT2D eigenvalue weighted by molar-refractivity contribution is 0.0191. The fourth-order valence-electron chi connectivity index (χ4n) is 8.22. The summed E-state index contributed by atoms with van der Waals surface area (Å²) in [5.74, 6) is 2.53. The lowest BCUT2D eigenvalue weighted by Gasteiger charge is -2.42. The molecule has 1 aromatic heterocycles. The Morgan fingerprint density at radius 1 is 0.889 bits per heavy atom. The minimum atomic E-state index is -0.798. The van der Waals surface area contributed by atoms with Gasteiger partial charge in [-0.25, -0.2) is 0 Å². The number of nitrogens with one attached hydrogen (secondary N) is 1. The minimum absolute atomic E-state index is 0.0441. The van der Waals surface area contributed by atoms with Crippen LogP contribution >= 0.6 is 0 Å². The van der Waals surface area contributed by atoms with Crippen molar-refractivity contribution in [3.05, 3.63) is 106 Å². The van der Waals surface area contributed by atoms with Crippen LogP contribution in [0.5, 0.6) is 28.7 Å². The molecule has 9 rings (SSSR count). The number of H-pyrrole nitrogens is 1. The summed E-state index contributed by atoms with van der Waals surface area (Å²) in [5.41, 5.74) is 10.5. The largest absolute Gasteiger partial charge is 0.507 e. The van der Waals surface area contributed by atoms with Crippen LogP contribution in [0, 0.1) is 0 Å². The van der Waals surface area contributed by atoms with Crippen LogP contribution in [-0.2, 0) is 19.3 Å². The van der Waals surface area contributed by atoms with Gasteiger partial charge in [-0.05, 0) is 94.8 Å². The Bertz CT molecular complexity index is 2060. The molecule has 0 fully saturated rings. The zero-order valence-electron chi connectivity index (χ0n) is 24.8. The second kappa shape index (κ2) is 9.81. The lowest BCUT2D eigenvalue weighted by atomic mass is 9.65. The molecule has 7 heteroatoms. The topological polar surface area (TPSA) is 104 Å². The number of aromatic nitrogens is 1. The van der Waals surface area contributed by atoms with Crippen LogP contribution in [0.25, 0.3) is 28.1 Å². The molecular formula is C38H33NO6. The second-order valence-corrected chi connectivity index (χ2v) is 12.6. The number of methoxy groups -OCH3 is 1. The molecule has 2 aliphatic carbocycles. The summed E-state index contributed by atoms with van der Waals surface area (Å²) in [4.78, 5) is 3.30. The van der Waals surface area contributed by atoms with Gasteiger partial charge in [0.15, 0.2) is 11.5 Å². The van der Waals surface area contributed by atoms with Crippen molar-refractivity contribution in [3.63, 3.8) is 0 Å². The predicted molar refractivity (Wildman–Crippen MR) is 172 cm³/mol. The molecule has 4 N–H and O–H groups in total. The van der Waals surface area contributed by atoms with Crippen molar-refractivity contribution < 1.29 is 29.5 Å². The highest BCUT2D eigenvalue weighted by atomic mass is 16.5. The van der Waals surface area contributed by atoms with Crippen LogP contribution < -0.4 is 14.2 Å². The van der Waals surface area contributed by atoms with Crippen molar-refractivity contribution in [2.24, 2.45) is 0 Å². The summed E-state index contributed by atoms with van der Waals surface area (Å²) in [6, 6.07) is 17.6. The Kier molecular flexibility index (Phi) is 5.78. The highest BCUT2D eigenvalue weighted by Crippen LogP contribution is 2.59. The monoisotopic (exact) mass is 599 g/mol. The summed E-state index contributed by atoms with van der Waals surface area (Å²) in [7, 11) is 1.51. The minimum Gasteiger partial charge on any atom is -0.507 e. The SMILES string of the molecule is COc1cc(C2Oc3c(c4c(c5c3CCCO5)-c3ccc(O)c5c3C(C4)C(c3ccc4[nH]ccc4c3)C=C5)CC2O)ccc1O. The van der Waals surface area contributed by atoms with Gasteiger partial charge < -0.3 is 34.5 Å².